The molecule has 2 rings (SSSR count). The third-order valence-electron chi connectivity index (χ3n) is 4.41. The lowest BCUT2D eigenvalue weighted by Crippen LogP contribution is -2.41. The molecule has 0 N–H and O–H groups in total. The average molecular weight is 274 g/mol. The molecule has 1 saturated heterocycles. The quantitative estimate of drug-likeness (QED) is 0.584. The molecule has 0 atom stereocenters. The van der Waals surface area contributed by atoms with E-state index in [2.05, 4.69) is 12.7 Å². The van der Waals surface area contributed by atoms with E-state index in [-0.39, 0.29) is 24.1 Å². The summed E-state index contributed by atoms with van der Waals surface area (Å²) in [6.45, 7) is 11.8. The Kier molecular flexibility index (Phi) is 4.08. The zero-order valence-corrected chi connectivity index (χ0v) is 12.9. The van der Waals surface area contributed by atoms with Crippen molar-refractivity contribution in [2.45, 2.75) is 58.1 Å². The number of carbonyl (C=O) groups is 1. The lowest BCUT2D eigenvalue weighted by Gasteiger charge is -2.32. The van der Waals surface area contributed by atoms with Gasteiger partial charge in [0.1, 0.15) is 0 Å². The Bertz CT molecular complexity index is 470. The zero-order valence-electron chi connectivity index (χ0n) is 12.9. The molecule has 0 aromatic rings. The molecule has 0 unspecified atom stereocenters. The van der Waals surface area contributed by atoms with E-state index in [1.807, 2.05) is 27.7 Å². The highest BCUT2D eigenvalue weighted by Gasteiger charge is 2.50. The molecule has 1 aliphatic heterocycles. The minimum Gasteiger partial charge on any atom is -0.403 e. The highest BCUT2D eigenvalue weighted by atomic mass is 16.7. The fourth-order valence-electron chi connectivity index (χ4n) is 2.53. The Hall–Kier alpha value is -1.13. The molecule has 0 spiro atoms. The van der Waals surface area contributed by atoms with E-state index in [0.717, 1.165) is 17.6 Å². The van der Waals surface area contributed by atoms with Crippen molar-refractivity contribution in [3.8, 4) is 0 Å². The van der Waals surface area contributed by atoms with Crippen LogP contribution >= 0.6 is 0 Å². The van der Waals surface area contributed by atoms with Gasteiger partial charge >= 0.3 is 7.12 Å². The molecule has 2 aliphatic rings. The SMILES string of the molecule is C=C/C=C1/C(=O)CC/C1=C/CB1OC(C)(C)C(C)(C)O1. The molecule has 1 saturated carbocycles. The molecule has 0 bridgehead atoms. The maximum Gasteiger partial charge on any atom is 0.461 e. The summed E-state index contributed by atoms with van der Waals surface area (Å²) in [7, 11) is -0.242. The van der Waals surface area contributed by atoms with Crippen LogP contribution in [0.3, 0.4) is 0 Å². The first-order valence-corrected chi connectivity index (χ1v) is 7.18. The molecule has 2 fully saturated rings. The van der Waals surface area contributed by atoms with E-state index < -0.39 is 0 Å². The summed E-state index contributed by atoms with van der Waals surface area (Å²) < 4.78 is 11.9. The van der Waals surface area contributed by atoms with Crippen LogP contribution in [0.15, 0.2) is 36.0 Å². The highest BCUT2D eigenvalue weighted by molar-refractivity contribution is 6.46. The highest BCUT2D eigenvalue weighted by Crippen LogP contribution is 2.38. The van der Waals surface area contributed by atoms with Crippen LogP contribution in [0.4, 0.5) is 0 Å². The second-order valence-electron chi connectivity index (χ2n) is 6.39. The summed E-state index contributed by atoms with van der Waals surface area (Å²) in [5.74, 6) is 0.199. The van der Waals surface area contributed by atoms with Crippen LogP contribution in [0.25, 0.3) is 0 Å². The second kappa shape index (κ2) is 5.34. The van der Waals surface area contributed by atoms with Crippen molar-refractivity contribution in [2.75, 3.05) is 0 Å². The van der Waals surface area contributed by atoms with Crippen LogP contribution in [0.5, 0.6) is 0 Å². The summed E-state index contributed by atoms with van der Waals surface area (Å²) in [6.07, 6.45) is 7.60. The van der Waals surface area contributed by atoms with Crippen molar-refractivity contribution in [1.29, 1.82) is 0 Å². The van der Waals surface area contributed by atoms with Gasteiger partial charge in [-0.25, -0.2) is 0 Å². The second-order valence-corrected chi connectivity index (χ2v) is 6.39. The number of carbonyl (C=O) groups excluding carboxylic acids is 1. The Balaban J connectivity index is 2.06. The Morgan fingerprint density at radius 2 is 1.80 bits per heavy atom. The van der Waals surface area contributed by atoms with Gasteiger partial charge in [0, 0.05) is 18.3 Å². The van der Waals surface area contributed by atoms with Gasteiger partial charge in [0.05, 0.1) is 11.2 Å². The molecule has 0 radical (unpaired) electrons. The van der Waals surface area contributed by atoms with Gasteiger partial charge in [-0.1, -0.05) is 24.8 Å². The molecular weight excluding hydrogens is 251 g/mol. The fraction of sp³-hybridized carbons (Fsp3) is 0.562. The van der Waals surface area contributed by atoms with Gasteiger partial charge in [-0.3, -0.25) is 4.79 Å². The standard InChI is InChI=1S/C16H23BO3/c1-6-7-13-12(8-9-14(13)18)10-11-17-19-15(2,3)16(4,5)20-17/h6-7,10H,1,8-9,11H2,2-5H3/b12-10-,13-7+. The molecule has 0 amide bonds. The molecule has 1 heterocycles. The number of rotatable bonds is 3. The van der Waals surface area contributed by atoms with Gasteiger partial charge in [0.25, 0.3) is 0 Å². The Morgan fingerprint density at radius 3 is 2.35 bits per heavy atom. The lowest BCUT2D eigenvalue weighted by atomic mass is 9.83. The summed E-state index contributed by atoms with van der Waals surface area (Å²) in [6, 6.07) is 0. The average Bonchev–Trinajstić information content (AvgIpc) is 2.77. The van der Waals surface area contributed by atoms with Crippen molar-refractivity contribution in [1.82, 2.24) is 0 Å². The van der Waals surface area contributed by atoms with Gasteiger partial charge in [-0.15, -0.1) is 0 Å². The number of hydrogen-bond acceptors (Lipinski definition) is 3. The maximum absolute atomic E-state index is 11.8. The largest absolute Gasteiger partial charge is 0.461 e. The van der Waals surface area contributed by atoms with Crippen molar-refractivity contribution in [3.05, 3.63) is 36.0 Å². The topological polar surface area (TPSA) is 35.5 Å². The number of ketones is 1. The van der Waals surface area contributed by atoms with Gasteiger partial charge in [0.2, 0.25) is 0 Å². The minimum atomic E-state index is -0.304. The van der Waals surface area contributed by atoms with E-state index in [1.165, 1.54) is 0 Å². The first kappa shape index (κ1) is 15.3. The summed E-state index contributed by atoms with van der Waals surface area (Å²) >= 11 is 0. The van der Waals surface area contributed by atoms with Crippen molar-refractivity contribution in [2.24, 2.45) is 0 Å². The Labute approximate surface area is 121 Å². The molecular formula is C16H23BO3. The molecule has 4 heteroatoms. The van der Waals surface area contributed by atoms with E-state index in [0.29, 0.717) is 12.7 Å². The molecule has 0 aromatic heterocycles. The molecule has 3 nitrogen and oxygen atoms in total. The fourth-order valence-corrected chi connectivity index (χ4v) is 2.53. The molecule has 0 aromatic carbocycles. The zero-order chi connectivity index (χ0) is 15.0. The van der Waals surface area contributed by atoms with Crippen LogP contribution in [0.2, 0.25) is 6.32 Å². The van der Waals surface area contributed by atoms with Crippen LogP contribution < -0.4 is 0 Å². The molecule has 20 heavy (non-hydrogen) atoms. The summed E-state index contributed by atoms with van der Waals surface area (Å²) in [5, 5.41) is 0. The molecule has 1 aliphatic carbocycles. The van der Waals surface area contributed by atoms with E-state index in [9.17, 15) is 4.79 Å². The predicted molar refractivity (Wildman–Crippen MR) is 81.5 cm³/mol. The summed E-state index contributed by atoms with van der Waals surface area (Å²) in [4.78, 5) is 11.8. The van der Waals surface area contributed by atoms with Crippen molar-refractivity contribution < 1.29 is 14.1 Å². The van der Waals surface area contributed by atoms with Gasteiger partial charge in [0.15, 0.2) is 5.78 Å². The van der Waals surface area contributed by atoms with Crippen molar-refractivity contribution >= 4 is 12.9 Å². The maximum atomic E-state index is 11.8. The first-order valence-electron chi connectivity index (χ1n) is 7.18. The monoisotopic (exact) mass is 274 g/mol. The van der Waals surface area contributed by atoms with E-state index in [1.54, 1.807) is 12.2 Å². The summed E-state index contributed by atoms with van der Waals surface area (Å²) in [5.41, 5.74) is 1.27. The van der Waals surface area contributed by atoms with Crippen LogP contribution in [-0.2, 0) is 14.1 Å². The van der Waals surface area contributed by atoms with Crippen LogP contribution in [-0.4, -0.2) is 24.1 Å². The van der Waals surface area contributed by atoms with E-state index >= 15 is 0 Å². The van der Waals surface area contributed by atoms with E-state index in [4.69, 9.17) is 9.31 Å². The lowest BCUT2D eigenvalue weighted by molar-refractivity contribution is -0.114. The van der Waals surface area contributed by atoms with Gasteiger partial charge in [-0.2, -0.15) is 0 Å². The van der Waals surface area contributed by atoms with Crippen molar-refractivity contribution in [3.63, 3.8) is 0 Å². The third-order valence-corrected chi connectivity index (χ3v) is 4.41. The molecule has 108 valence electrons. The van der Waals surface area contributed by atoms with Crippen LogP contribution in [0.1, 0.15) is 40.5 Å². The Morgan fingerprint density at radius 1 is 1.20 bits per heavy atom. The predicted octanol–water partition coefficient (Wildman–Crippen LogP) is 3.48. The number of allylic oxidation sites excluding steroid dienone is 5. The third kappa shape index (κ3) is 2.81. The first-order chi connectivity index (χ1) is 9.27. The van der Waals surface area contributed by atoms with Gasteiger partial charge in [-0.05, 0) is 39.7 Å². The smallest absolute Gasteiger partial charge is 0.403 e. The van der Waals surface area contributed by atoms with Gasteiger partial charge < -0.3 is 9.31 Å². The normalized spacial score (nSPS) is 28.6. The van der Waals surface area contributed by atoms with Crippen LogP contribution in [0, 0.1) is 0 Å². The number of hydrogen-bond donors (Lipinski definition) is 0. The number of Topliss-reactive ketones (excluding diaryl/α,β-unsaturated/α-hetero) is 1. The minimum absolute atomic E-state index is 0.199.